The quantitative estimate of drug-likeness (QED) is 0.456. The third-order valence-electron chi connectivity index (χ3n) is 7.97. The van der Waals surface area contributed by atoms with Crippen LogP contribution in [-0.2, 0) is 6.42 Å². The Hall–Kier alpha value is -1.28. The van der Waals surface area contributed by atoms with Gasteiger partial charge in [0.1, 0.15) is 5.75 Å². The third kappa shape index (κ3) is 7.35. The number of aryl methyl sites for hydroxylation is 1. The first-order valence-electron chi connectivity index (χ1n) is 14.1. The Bertz CT molecular complexity index is 707. The van der Waals surface area contributed by atoms with Crippen LogP contribution in [0.3, 0.4) is 0 Å². The maximum atomic E-state index is 9.76. The fourth-order valence-electron chi connectivity index (χ4n) is 6.47. The molecule has 4 atom stereocenters. The molecule has 2 saturated carbocycles. The van der Waals surface area contributed by atoms with E-state index in [1.807, 2.05) is 39.8 Å². The zero-order valence-corrected chi connectivity index (χ0v) is 23.5. The molecule has 33 heavy (non-hydrogen) atoms. The Kier molecular flexibility index (Phi) is 13.4. The van der Waals surface area contributed by atoms with E-state index in [9.17, 15) is 5.11 Å². The van der Waals surface area contributed by atoms with Crippen LogP contribution in [0.2, 0.25) is 0 Å². The van der Waals surface area contributed by atoms with Gasteiger partial charge < -0.3 is 10.0 Å². The minimum Gasteiger partial charge on any atom is -0.508 e. The summed E-state index contributed by atoms with van der Waals surface area (Å²) in [6, 6.07) is 6.12. The lowest BCUT2D eigenvalue weighted by molar-refractivity contribution is 0.0812. The molecule has 0 bridgehead atoms. The number of aromatic hydroxyl groups is 1. The second-order valence-corrected chi connectivity index (χ2v) is 10.1. The largest absolute Gasteiger partial charge is 0.508 e. The maximum absolute atomic E-state index is 9.76. The Morgan fingerprint density at radius 2 is 1.73 bits per heavy atom. The van der Waals surface area contributed by atoms with Crippen molar-refractivity contribution in [1.29, 1.82) is 0 Å². The molecular weight excluding hydrogens is 402 g/mol. The maximum Gasteiger partial charge on any atom is 0.115 e. The molecule has 3 aliphatic carbocycles. The van der Waals surface area contributed by atoms with Crippen molar-refractivity contribution >= 4 is 0 Å². The van der Waals surface area contributed by atoms with Gasteiger partial charge in [-0.1, -0.05) is 72.6 Å². The molecular formula is C31H55NO. The molecule has 0 aliphatic heterocycles. The third-order valence-corrected chi connectivity index (χ3v) is 7.97. The Labute approximate surface area is 206 Å². The van der Waals surface area contributed by atoms with Crippen LogP contribution >= 0.6 is 0 Å². The van der Waals surface area contributed by atoms with E-state index in [2.05, 4.69) is 51.9 Å². The van der Waals surface area contributed by atoms with Gasteiger partial charge in [0.2, 0.25) is 0 Å². The summed E-state index contributed by atoms with van der Waals surface area (Å²) >= 11 is 0. The Morgan fingerprint density at radius 1 is 1.03 bits per heavy atom. The van der Waals surface area contributed by atoms with Crippen molar-refractivity contribution in [2.24, 2.45) is 17.3 Å². The number of hydrogen-bond acceptors (Lipinski definition) is 2. The van der Waals surface area contributed by atoms with Crippen LogP contribution in [0.15, 0.2) is 29.8 Å². The number of unbranched alkanes of at least 4 members (excludes halogenated alkanes) is 1. The van der Waals surface area contributed by atoms with Crippen molar-refractivity contribution in [2.75, 3.05) is 20.6 Å². The van der Waals surface area contributed by atoms with Gasteiger partial charge in [0.05, 0.1) is 0 Å². The van der Waals surface area contributed by atoms with Gasteiger partial charge in [0, 0.05) is 0 Å². The standard InChI is InChI=1S/C21H28O.C6H15N.2C2H6/c1-3-4-15-6-10-20-19-8-5-14-13-16(22)7-9-17(14)18(19)11-12-21(15,20)2;1-4-5-6-7(2)3;2*1-2/h4,7,9,13,18-20,22H,3,5-6,8,10-12H2,1-2H3;4-6H2,1-3H3;2*1-2H3/b15-4+;;;. The molecule has 1 N–H and O–H groups in total. The fraction of sp³-hybridized carbons (Fsp3) is 0.742. The van der Waals surface area contributed by atoms with Gasteiger partial charge in [0.25, 0.3) is 0 Å². The number of fused-ring (bicyclic) bond motifs is 5. The van der Waals surface area contributed by atoms with E-state index in [1.165, 1.54) is 63.5 Å². The van der Waals surface area contributed by atoms with Gasteiger partial charge in [-0.2, -0.15) is 0 Å². The van der Waals surface area contributed by atoms with Crippen molar-refractivity contribution < 1.29 is 5.11 Å². The molecule has 0 heterocycles. The van der Waals surface area contributed by atoms with E-state index < -0.39 is 0 Å². The minimum absolute atomic E-state index is 0.437. The molecule has 0 saturated heterocycles. The molecule has 4 rings (SSSR count). The molecule has 2 nitrogen and oxygen atoms in total. The monoisotopic (exact) mass is 457 g/mol. The van der Waals surface area contributed by atoms with Crippen molar-refractivity contribution in [3.63, 3.8) is 0 Å². The van der Waals surface area contributed by atoms with Crippen LogP contribution < -0.4 is 0 Å². The molecule has 0 aromatic heterocycles. The average Bonchev–Trinajstić information content (AvgIpc) is 3.17. The molecule has 0 amide bonds. The first kappa shape index (κ1) is 29.8. The topological polar surface area (TPSA) is 23.5 Å². The Morgan fingerprint density at radius 3 is 2.30 bits per heavy atom. The normalized spacial score (nSPS) is 28.2. The predicted molar refractivity (Wildman–Crippen MR) is 147 cm³/mol. The van der Waals surface area contributed by atoms with Crippen LogP contribution in [0, 0.1) is 17.3 Å². The zero-order chi connectivity index (χ0) is 25.0. The van der Waals surface area contributed by atoms with Gasteiger partial charge in [-0.05, 0) is 118 Å². The summed E-state index contributed by atoms with van der Waals surface area (Å²) in [4.78, 5) is 2.21. The molecule has 3 aliphatic rings. The molecule has 1 aromatic carbocycles. The summed E-state index contributed by atoms with van der Waals surface area (Å²) in [6.07, 6.45) is 14.2. The van der Waals surface area contributed by atoms with E-state index >= 15 is 0 Å². The summed E-state index contributed by atoms with van der Waals surface area (Å²) in [5.41, 5.74) is 5.19. The number of phenolic OH excluding ortho intramolecular Hbond substituents is 1. The van der Waals surface area contributed by atoms with Crippen molar-refractivity contribution in [3.8, 4) is 5.75 Å². The highest BCUT2D eigenvalue weighted by Crippen LogP contribution is 2.62. The second kappa shape index (κ2) is 14.9. The SMILES string of the molecule is CC.CC.CC/C=C1\CCC2C3CCc4cc(O)ccc4C3CCC12C.CCCCN(C)C. The molecule has 4 unspecified atom stereocenters. The van der Waals surface area contributed by atoms with E-state index in [1.54, 1.807) is 11.1 Å². The highest BCUT2D eigenvalue weighted by atomic mass is 16.3. The summed E-state index contributed by atoms with van der Waals surface area (Å²) in [6.45, 7) is 16.3. The van der Waals surface area contributed by atoms with E-state index in [0.29, 0.717) is 11.2 Å². The Balaban J connectivity index is 0.000000424. The predicted octanol–water partition coefficient (Wildman–Crippen LogP) is 8.99. The summed E-state index contributed by atoms with van der Waals surface area (Å²) in [7, 11) is 4.21. The van der Waals surface area contributed by atoms with Gasteiger partial charge in [-0.15, -0.1) is 0 Å². The van der Waals surface area contributed by atoms with Crippen molar-refractivity contribution in [2.45, 2.75) is 112 Å². The van der Waals surface area contributed by atoms with Crippen molar-refractivity contribution in [1.82, 2.24) is 4.90 Å². The average molecular weight is 458 g/mol. The van der Waals surface area contributed by atoms with E-state index in [-0.39, 0.29) is 0 Å². The minimum atomic E-state index is 0.437. The molecule has 0 radical (unpaired) electrons. The van der Waals surface area contributed by atoms with E-state index in [4.69, 9.17) is 0 Å². The lowest BCUT2D eigenvalue weighted by Gasteiger charge is -2.49. The van der Waals surface area contributed by atoms with Gasteiger partial charge in [0.15, 0.2) is 0 Å². The zero-order valence-electron chi connectivity index (χ0n) is 23.5. The van der Waals surface area contributed by atoms with Gasteiger partial charge in [-0.25, -0.2) is 0 Å². The highest BCUT2D eigenvalue weighted by Gasteiger charge is 2.52. The second-order valence-electron chi connectivity index (χ2n) is 10.1. The number of hydrogen-bond donors (Lipinski definition) is 1. The van der Waals surface area contributed by atoms with E-state index in [0.717, 1.165) is 24.2 Å². The van der Waals surface area contributed by atoms with Crippen LogP contribution in [-0.4, -0.2) is 30.6 Å². The number of allylic oxidation sites excluding steroid dienone is 2. The smallest absolute Gasteiger partial charge is 0.115 e. The van der Waals surface area contributed by atoms with Gasteiger partial charge >= 0.3 is 0 Å². The van der Waals surface area contributed by atoms with Crippen LogP contribution in [0.1, 0.15) is 117 Å². The molecule has 190 valence electrons. The number of nitrogens with zero attached hydrogens (tertiary/aromatic N) is 1. The summed E-state index contributed by atoms with van der Waals surface area (Å²) in [5.74, 6) is 2.92. The van der Waals surface area contributed by atoms with Crippen LogP contribution in [0.25, 0.3) is 0 Å². The first-order chi connectivity index (χ1) is 15.9. The summed E-state index contributed by atoms with van der Waals surface area (Å²) in [5, 5.41) is 9.76. The number of rotatable bonds is 4. The molecule has 2 heteroatoms. The first-order valence-corrected chi connectivity index (χ1v) is 14.1. The molecule has 2 fully saturated rings. The summed E-state index contributed by atoms with van der Waals surface area (Å²) < 4.78 is 0. The lowest BCUT2D eigenvalue weighted by Crippen LogP contribution is -2.40. The fourth-order valence-corrected chi connectivity index (χ4v) is 6.47. The molecule has 0 spiro atoms. The lowest BCUT2D eigenvalue weighted by atomic mass is 9.55. The van der Waals surface area contributed by atoms with Gasteiger partial charge in [-0.3, -0.25) is 0 Å². The number of benzene rings is 1. The van der Waals surface area contributed by atoms with Crippen LogP contribution in [0.4, 0.5) is 0 Å². The number of phenols is 1. The van der Waals surface area contributed by atoms with Crippen molar-refractivity contribution in [3.05, 3.63) is 41.0 Å². The molecule has 1 aromatic rings. The highest BCUT2D eigenvalue weighted by molar-refractivity contribution is 5.40. The van der Waals surface area contributed by atoms with Crippen LogP contribution in [0.5, 0.6) is 5.75 Å².